The van der Waals surface area contributed by atoms with E-state index in [1.807, 2.05) is 13.8 Å². The molecule has 0 spiro atoms. The highest BCUT2D eigenvalue weighted by atomic mass is 35.5. The number of anilines is 2. The smallest absolute Gasteiger partial charge is 0.338 e. The van der Waals surface area contributed by atoms with Crippen molar-refractivity contribution in [2.75, 3.05) is 16.8 Å². The summed E-state index contributed by atoms with van der Waals surface area (Å²) in [5.41, 5.74) is 0.436. The second-order valence-electron chi connectivity index (χ2n) is 9.66. The maximum absolute atomic E-state index is 13.5. The van der Waals surface area contributed by atoms with Gasteiger partial charge in [0.1, 0.15) is 11.8 Å². The first kappa shape index (κ1) is 27.2. The quantitative estimate of drug-likeness (QED) is 0.338. The first-order chi connectivity index (χ1) is 18.5. The fourth-order valence-corrected chi connectivity index (χ4v) is 8.02. The number of nitrogens with zero attached hydrogens (tertiary/aromatic N) is 2. The summed E-state index contributed by atoms with van der Waals surface area (Å²) >= 11 is 8.13. The standard InChI is InChI=1S/C27H24ClN3O6S2/c1-4-37-25(35)14-5-9-16(10-6-14)29-18(32)13-30-24-21(39-26(30)36)27(2,3)19-20(38-24)23(34)31(22(19)33)17-11-7-15(28)8-12-17/h5-12,19-20H,4,13H2,1-3H3,(H,29,32)/t19-,20+/m1/s1. The number of imide groups is 1. The minimum absolute atomic E-state index is 0.256. The van der Waals surface area contributed by atoms with Crippen LogP contribution in [0, 0.1) is 5.92 Å². The predicted molar refractivity (Wildman–Crippen MR) is 150 cm³/mol. The largest absolute Gasteiger partial charge is 0.462 e. The third-order valence-electron chi connectivity index (χ3n) is 6.77. The van der Waals surface area contributed by atoms with Gasteiger partial charge in [0.15, 0.2) is 0 Å². The average Bonchev–Trinajstić information content (AvgIpc) is 3.34. The van der Waals surface area contributed by atoms with Crippen LogP contribution in [0.2, 0.25) is 5.02 Å². The molecule has 3 amide bonds. The van der Waals surface area contributed by atoms with E-state index in [1.165, 1.54) is 9.47 Å². The SMILES string of the molecule is CCOC(=O)c1ccc(NC(=O)Cn2c3c(sc2=O)C(C)(C)[C@H]2C(=O)N(c4ccc(Cl)cc4)C(=O)[C@H]2S3)cc1. The van der Waals surface area contributed by atoms with E-state index in [2.05, 4.69) is 5.32 Å². The topological polar surface area (TPSA) is 115 Å². The van der Waals surface area contributed by atoms with Crippen molar-refractivity contribution in [2.24, 2.45) is 5.92 Å². The van der Waals surface area contributed by atoms with Crippen LogP contribution in [0.3, 0.4) is 0 Å². The second-order valence-corrected chi connectivity index (χ2v) is 12.2. The van der Waals surface area contributed by atoms with Gasteiger partial charge in [-0.05, 0) is 55.5 Å². The Kier molecular flexibility index (Phi) is 7.17. The summed E-state index contributed by atoms with van der Waals surface area (Å²) in [6.07, 6.45) is 0. The molecule has 1 N–H and O–H groups in total. The summed E-state index contributed by atoms with van der Waals surface area (Å²) in [7, 11) is 0. The molecular formula is C27H24ClN3O6S2. The number of benzene rings is 2. The summed E-state index contributed by atoms with van der Waals surface area (Å²) in [6.45, 7) is 5.41. The van der Waals surface area contributed by atoms with Crippen molar-refractivity contribution in [1.82, 2.24) is 4.57 Å². The molecule has 3 aromatic rings. The summed E-state index contributed by atoms with van der Waals surface area (Å²) < 4.78 is 6.32. The van der Waals surface area contributed by atoms with Gasteiger partial charge >= 0.3 is 10.8 Å². The molecule has 2 aromatic carbocycles. The summed E-state index contributed by atoms with van der Waals surface area (Å²) in [6, 6.07) is 12.7. The van der Waals surface area contributed by atoms with Crippen LogP contribution in [0.15, 0.2) is 58.4 Å². The Labute approximate surface area is 237 Å². The Morgan fingerprint density at radius 1 is 1.03 bits per heavy atom. The number of thioether (sulfide) groups is 1. The number of hydrogen-bond acceptors (Lipinski definition) is 8. The van der Waals surface area contributed by atoms with E-state index in [9.17, 15) is 24.0 Å². The number of halogens is 1. The molecule has 1 aromatic heterocycles. The summed E-state index contributed by atoms with van der Waals surface area (Å²) in [4.78, 5) is 66.3. The van der Waals surface area contributed by atoms with Crippen molar-refractivity contribution in [2.45, 2.75) is 43.0 Å². The van der Waals surface area contributed by atoms with Crippen molar-refractivity contribution in [3.63, 3.8) is 0 Å². The minimum atomic E-state index is -0.812. The van der Waals surface area contributed by atoms with Gasteiger partial charge in [0.05, 0.1) is 28.8 Å². The highest BCUT2D eigenvalue weighted by Crippen LogP contribution is 2.54. The van der Waals surface area contributed by atoms with Gasteiger partial charge in [-0.1, -0.05) is 48.5 Å². The number of aromatic nitrogens is 1. The van der Waals surface area contributed by atoms with E-state index in [0.717, 1.165) is 23.1 Å². The van der Waals surface area contributed by atoms with Crippen molar-refractivity contribution >= 4 is 69.8 Å². The Morgan fingerprint density at radius 2 is 1.69 bits per heavy atom. The molecule has 1 fully saturated rings. The molecule has 39 heavy (non-hydrogen) atoms. The Balaban J connectivity index is 1.39. The van der Waals surface area contributed by atoms with E-state index in [4.69, 9.17) is 16.3 Å². The van der Waals surface area contributed by atoms with Crippen LogP contribution in [0.1, 0.15) is 36.0 Å². The highest BCUT2D eigenvalue weighted by Gasteiger charge is 2.59. The number of ether oxygens (including phenoxy) is 1. The Bertz CT molecular complexity index is 1540. The zero-order valence-electron chi connectivity index (χ0n) is 21.2. The number of amides is 3. The van der Waals surface area contributed by atoms with Crippen molar-refractivity contribution in [3.05, 3.63) is 73.7 Å². The Morgan fingerprint density at radius 3 is 2.33 bits per heavy atom. The van der Waals surface area contributed by atoms with E-state index < -0.39 is 28.5 Å². The van der Waals surface area contributed by atoms with Crippen LogP contribution in [0.25, 0.3) is 0 Å². The molecule has 12 heteroatoms. The fraction of sp³-hybridized carbons (Fsp3) is 0.296. The van der Waals surface area contributed by atoms with Gasteiger partial charge in [0, 0.05) is 21.0 Å². The molecule has 0 saturated carbocycles. The normalized spacial score (nSPS) is 19.4. The van der Waals surface area contributed by atoms with Gasteiger partial charge in [-0.2, -0.15) is 0 Å². The number of thiazole rings is 1. The summed E-state index contributed by atoms with van der Waals surface area (Å²) in [5.74, 6) is -2.27. The molecule has 2 aliphatic rings. The molecular weight excluding hydrogens is 562 g/mol. The number of carbonyl (C=O) groups excluding carboxylic acids is 4. The van der Waals surface area contributed by atoms with Crippen LogP contribution < -0.4 is 15.1 Å². The van der Waals surface area contributed by atoms with Crippen LogP contribution in [0.4, 0.5) is 11.4 Å². The lowest BCUT2D eigenvalue weighted by Gasteiger charge is -2.36. The molecule has 0 bridgehead atoms. The van der Waals surface area contributed by atoms with Gasteiger partial charge in [-0.3, -0.25) is 23.7 Å². The number of hydrogen-bond donors (Lipinski definition) is 1. The maximum Gasteiger partial charge on any atom is 0.338 e. The molecule has 0 unspecified atom stereocenters. The van der Waals surface area contributed by atoms with Gasteiger partial charge in [-0.25, -0.2) is 9.69 Å². The zero-order valence-corrected chi connectivity index (χ0v) is 23.6. The lowest BCUT2D eigenvalue weighted by Crippen LogP contribution is -2.41. The monoisotopic (exact) mass is 585 g/mol. The third-order valence-corrected chi connectivity index (χ3v) is 9.85. The van der Waals surface area contributed by atoms with Crippen LogP contribution in [0.5, 0.6) is 0 Å². The first-order valence-corrected chi connectivity index (χ1v) is 14.2. The average molecular weight is 586 g/mol. The lowest BCUT2D eigenvalue weighted by atomic mass is 9.76. The maximum atomic E-state index is 13.5. The number of rotatable bonds is 6. The molecule has 202 valence electrons. The van der Waals surface area contributed by atoms with E-state index in [-0.39, 0.29) is 29.8 Å². The van der Waals surface area contributed by atoms with E-state index >= 15 is 0 Å². The third kappa shape index (κ3) is 4.79. The van der Waals surface area contributed by atoms with Crippen LogP contribution >= 0.6 is 34.7 Å². The van der Waals surface area contributed by atoms with Crippen LogP contribution in [-0.4, -0.2) is 40.1 Å². The van der Waals surface area contributed by atoms with E-state index in [1.54, 1.807) is 55.5 Å². The van der Waals surface area contributed by atoms with Crippen molar-refractivity contribution < 1.29 is 23.9 Å². The molecule has 9 nitrogen and oxygen atoms in total. The fourth-order valence-electron chi connectivity index (χ4n) is 4.86. The second kappa shape index (κ2) is 10.3. The number of nitrogens with one attached hydrogen (secondary N) is 1. The molecule has 0 aliphatic carbocycles. The van der Waals surface area contributed by atoms with Crippen LogP contribution in [-0.2, 0) is 31.1 Å². The molecule has 3 heterocycles. The zero-order chi connectivity index (χ0) is 28.1. The number of carbonyl (C=O) groups is 4. The van der Waals surface area contributed by atoms with Gasteiger partial charge in [0.25, 0.3) is 0 Å². The molecule has 2 atom stereocenters. The number of esters is 1. The van der Waals surface area contributed by atoms with Gasteiger partial charge in [-0.15, -0.1) is 0 Å². The predicted octanol–water partition coefficient (Wildman–Crippen LogP) is 4.32. The molecule has 1 saturated heterocycles. The molecule has 0 radical (unpaired) electrons. The van der Waals surface area contributed by atoms with Crippen molar-refractivity contribution in [3.8, 4) is 0 Å². The van der Waals surface area contributed by atoms with E-state index in [0.29, 0.717) is 31.9 Å². The summed E-state index contributed by atoms with van der Waals surface area (Å²) in [5, 5.41) is 3.00. The van der Waals surface area contributed by atoms with Gasteiger partial charge in [0.2, 0.25) is 17.7 Å². The molecule has 2 aliphatic heterocycles. The number of fused-ring (bicyclic) bond motifs is 2. The Hall–Kier alpha value is -3.41. The molecule has 5 rings (SSSR count). The van der Waals surface area contributed by atoms with Crippen molar-refractivity contribution in [1.29, 1.82) is 0 Å². The highest BCUT2D eigenvalue weighted by molar-refractivity contribution is 8.00. The first-order valence-electron chi connectivity index (χ1n) is 12.1. The lowest BCUT2D eigenvalue weighted by molar-refractivity contribution is -0.123. The van der Waals surface area contributed by atoms with Gasteiger partial charge < -0.3 is 10.1 Å². The minimum Gasteiger partial charge on any atom is -0.462 e.